The summed E-state index contributed by atoms with van der Waals surface area (Å²) in [6.07, 6.45) is 12.7. The minimum absolute atomic E-state index is 0.0953. The first-order valence-electron chi connectivity index (χ1n) is 13.4. The lowest BCUT2D eigenvalue weighted by Gasteiger charge is -2.29. The van der Waals surface area contributed by atoms with Crippen LogP contribution in [0.5, 0.6) is 0 Å². The maximum Gasteiger partial charge on any atom is 0.129 e. The van der Waals surface area contributed by atoms with E-state index in [4.69, 9.17) is 4.98 Å². The summed E-state index contributed by atoms with van der Waals surface area (Å²) >= 11 is 0. The van der Waals surface area contributed by atoms with Gasteiger partial charge in [0.2, 0.25) is 0 Å². The fourth-order valence-electron chi connectivity index (χ4n) is 5.86. The van der Waals surface area contributed by atoms with E-state index in [0.29, 0.717) is 23.5 Å². The van der Waals surface area contributed by atoms with Gasteiger partial charge in [-0.05, 0) is 99.7 Å². The van der Waals surface area contributed by atoms with Crippen LogP contribution in [0.1, 0.15) is 86.3 Å². The Balaban J connectivity index is 1.09. The molecular formula is C28H41N4OP. The van der Waals surface area contributed by atoms with Crippen molar-refractivity contribution in [2.75, 3.05) is 25.0 Å². The van der Waals surface area contributed by atoms with Gasteiger partial charge in [-0.2, -0.15) is 0 Å². The minimum Gasteiger partial charge on any atom is -0.394 e. The third-order valence-corrected chi connectivity index (χ3v) is 9.03. The number of pyridine rings is 2. The van der Waals surface area contributed by atoms with Gasteiger partial charge in [-0.25, -0.2) is 4.98 Å². The van der Waals surface area contributed by atoms with E-state index in [9.17, 15) is 5.11 Å². The molecule has 5 atom stereocenters. The number of aryl methyl sites for hydroxylation is 2. The Labute approximate surface area is 207 Å². The number of rotatable bonds is 10. The van der Waals surface area contributed by atoms with Crippen LogP contribution in [-0.4, -0.2) is 51.4 Å². The lowest BCUT2D eigenvalue weighted by Crippen LogP contribution is -2.31. The van der Waals surface area contributed by atoms with Crippen molar-refractivity contribution in [2.45, 2.75) is 88.4 Å². The second-order valence-corrected chi connectivity index (χ2v) is 11.7. The maximum atomic E-state index is 10.3. The zero-order valence-electron chi connectivity index (χ0n) is 20.6. The average Bonchev–Trinajstić information content (AvgIpc) is 3.59. The van der Waals surface area contributed by atoms with Crippen molar-refractivity contribution in [1.82, 2.24) is 14.9 Å². The number of nitrogens with one attached hydrogen (secondary N) is 1. The topological polar surface area (TPSA) is 61.3 Å². The summed E-state index contributed by atoms with van der Waals surface area (Å²) in [4.78, 5) is 12.1. The zero-order valence-corrected chi connectivity index (χ0v) is 21.8. The Kier molecular flexibility index (Phi) is 7.83. The molecule has 184 valence electrons. The lowest BCUT2D eigenvalue weighted by atomic mass is 9.98. The summed E-state index contributed by atoms with van der Waals surface area (Å²) in [5.74, 6) is 2.41. The van der Waals surface area contributed by atoms with E-state index in [1.807, 2.05) is 12.3 Å². The summed E-state index contributed by atoms with van der Waals surface area (Å²) in [7, 11) is 3.14. The zero-order chi connectivity index (χ0) is 23.5. The highest BCUT2D eigenvalue weighted by Crippen LogP contribution is 2.43. The van der Waals surface area contributed by atoms with Gasteiger partial charge in [-0.3, -0.25) is 9.88 Å². The number of anilines is 1. The van der Waals surface area contributed by atoms with Crippen LogP contribution in [-0.2, 0) is 12.8 Å². The predicted molar refractivity (Wildman–Crippen MR) is 142 cm³/mol. The van der Waals surface area contributed by atoms with Crippen molar-refractivity contribution in [3.05, 3.63) is 53.0 Å². The number of aliphatic hydroxyl groups is 1. The number of hydrogen-bond acceptors (Lipinski definition) is 5. The van der Waals surface area contributed by atoms with Crippen LogP contribution in [0.15, 0.2) is 30.5 Å². The number of likely N-dealkylation sites (tertiary alicyclic amines) is 1. The summed E-state index contributed by atoms with van der Waals surface area (Å²) in [5.41, 5.74) is 5.72. The van der Waals surface area contributed by atoms with Gasteiger partial charge >= 0.3 is 0 Å². The summed E-state index contributed by atoms with van der Waals surface area (Å²) in [6.45, 7) is 4.58. The molecule has 2 N–H and O–H groups in total. The van der Waals surface area contributed by atoms with Crippen molar-refractivity contribution in [3.63, 3.8) is 0 Å². The van der Waals surface area contributed by atoms with Crippen LogP contribution in [0.3, 0.4) is 0 Å². The highest BCUT2D eigenvalue weighted by Gasteiger charge is 2.35. The number of aromatic nitrogens is 2. The fraction of sp³-hybridized carbons (Fsp3) is 0.643. The highest BCUT2D eigenvalue weighted by atomic mass is 31.0. The first-order chi connectivity index (χ1) is 16.6. The molecular weight excluding hydrogens is 439 g/mol. The third-order valence-electron chi connectivity index (χ3n) is 8.16. The van der Waals surface area contributed by atoms with Crippen molar-refractivity contribution in [1.29, 1.82) is 0 Å². The van der Waals surface area contributed by atoms with E-state index in [2.05, 4.69) is 49.6 Å². The SMILES string of the molecule is C[C@H]1CCc2ccc(CCCCC(P)C3CCN([C@@H](CO)c4cccnc4C4CC4)C3)nc2N1. The molecule has 3 aliphatic rings. The molecule has 2 aromatic rings. The molecule has 5 rings (SSSR count). The van der Waals surface area contributed by atoms with Gasteiger partial charge in [-0.15, -0.1) is 9.24 Å². The standard InChI is InChI=1S/C28H41N4OP/c1-19-8-9-21-12-13-23(31-28(21)30-19)5-2-3-7-26(34)22-14-16-32(17-22)25(18-33)24-6-4-15-29-27(24)20-10-11-20/h4,6,12-13,15,19-20,22,25-26,33H,2-3,5,7-11,14,16-18,34H2,1H3,(H,30,31)/t19-,22?,25-,26?/m0/s1. The Morgan fingerprint density at radius 1 is 1.18 bits per heavy atom. The molecule has 0 radical (unpaired) electrons. The molecule has 34 heavy (non-hydrogen) atoms. The second-order valence-electron chi connectivity index (χ2n) is 10.8. The van der Waals surface area contributed by atoms with Crippen molar-refractivity contribution >= 4 is 15.1 Å². The highest BCUT2D eigenvalue weighted by molar-refractivity contribution is 7.17. The molecule has 5 nitrogen and oxygen atoms in total. The Morgan fingerprint density at radius 2 is 2.06 bits per heavy atom. The number of hydrogen-bond donors (Lipinski definition) is 2. The van der Waals surface area contributed by atoms with Gasteiger partial charge < -0.3 is 10.4 Å². The molecule has 6 heteroatoms. The van der Waals surface area contributed by atoms with Gasteiger partial charge in [-0.1, -0.05) is 18.6 Å². The van der Waals surface area contributed by atoms with Crippen LogP contribution in [0.25, 0.3) is 0 Å². The largest absolute Gasteiger partial charge is 0.394 e. The molecule has 4 heterocycles. The maximum absolute atomic E-state index is 10.3. The third kappa shape index (κ3) is 5.64. The van der Waals surface area contributed by atoms with Crippen molar-refractivity contribution in [3.8, 4) is 0 Å². The molecule has 0 bridgehead atoms. The molecule has 0 amide bonds. The predicted octanol–water partition coefficient (Wildman–Crippen LogP) is 5.11. The van der Waals surface area contributed by atoms with Gasteiger partial charge in [0, 0.05) is 36.1 Å². The molecule has 0 spiro atoms. The lowest BCUT2D eigenvalue weighted by molar-refractivity contribution is 0.141. The fourth-order valence-corrected chi connectivity index (χ4v) is 6.41. The Hall–Kier alpha value is -1.55. The normalized spacial score (nSPS) is 24.4. The van der Waals surface area contributed by atoms with Crippen LogP contribution >= 0.6 is 9.24 Å². The molecule has 1 saturated heterocycles. The first-order valence-corrected chi connectivity index (χ1v) is 14.1. The summed E-state index contributed by atoms with van der Waals surface area (Å²) < 4.78 is 0. The van der Waals surface area contributed by atoms with E-state index in [1.165, 1.54) is 67.5 Å². The first kappa shape index (κ1) is 24.2. The van der Waals surface area contributed by atoms with Gasteiger partial charge in [0.1, 0.15) is 5.82 Å². The van der Waals surface area contributed by atoms with Crippen molar-refractivity contribution < 1.29 is 5.11 Å². The number of fused-ring (bicyclic) bond motifs is 1. The minimum atomic E-state index is 0.0953. The van der Waals surface area contributed by atoms with E-state index in [0.717, 1.165) is 31.7 Å². The monoisotopic (exact) mass is 480 g/mol. The Morgan fingerprint density at radius 3 is 2.88 bits per heavy atom. The van der Waals surface area contributed by atoms with Crippen LogP contribution in [0.4, 0.5) is 5.82 Å². The number of aliphatic hydroxyl groups excluding tert-OH is 1. The van der Waals surface area contributed by atoms with Crippen LogP contribution in [0, 0.1) is 5.92 Å². The van der Waals surface area contributed by atoms with Crippen LogP contribution < -0.4 is 5.32 Å². The summed E-state index contributed by atoms with van der Waals surface area (Å²) in [5, 5.41) is 13.8. The van der Waals surface area contributed by atoms with Crippen molar-refractivity contribution in [2.24, 2.45) is 5.92 Å². The molecule has 1 aliphatic carbocycles. The van der Waals surface area contributed by atoms with E-state index in [-0.39, 0.29) is 12.6 Å². The smallest absolute Gasteiger partial charge is 0.129 e. The van der Waals surface area contributed by atoms with Crippen LogP contribution in [0.2, 0.25) is 0 Å². The Bertz CT molecular complexity index is 965. The van der Waals surface area contributed by atoms with E-state index < -0.39 is 0 Å². The number of nitrogens with zero attached hydrogens (tertiary/aromatic N) is 3. The van der Waals surface area contributed by atoms with E-state index >= 15 is 0 Å². The molecule has 1 saturated carbocycles. The molecule has 2 aromatic heterocycles. The molecule has 0 aromatic carbocycles. The second kappa shape index (κ2) is 11.0. The number of unbranched alkanes of at least 4 members (excludes halogenated alkanes) is 1. The average molecular weight is 481 g/mol. The quantitative estimate of drug-likeness (QED) is 0.365. The molecule has 2 fully saturated rings. The van der Waals surface area contributed by atoms with Gasteiger partial charge in [0.15, 0.2) is 0 Å². The van der Waals surface area contributed by atoms with Gasteiger partial charge in [0.25, 0.3) is 0 Å². The molecule has 2 aliphatic heterocycles. The summed E-state index contributed by atoms with van der Waals surface area (Å²) in [6, 6.07) is 9.35. The molecule has 3 unspecified atom stereocenters. The van der Waals surface area contributed by atoms with E-state index in [1.54, 1.807) is 0 Å². The van der Waals surface area contributed by atoms with Gasteiger partial charge in [0.05, 0.1) is 12.6 Å².